The van der Waals surface area contributed by atoms with Gasteiger partial charge in [-0.1, -0.05) is 96.1 Å². The molecular weight excluding hydrogens is 1430 g/mol. The summed E-state index contributed by atoms with van der Waals surface area (Å²) in [5.74, 6) is -0.142. The Morgan fingerprint density at radius 2 is 0.771 bits per heavy atom. The van der Waals surface area contributed by atoms with Crippen molar-refractivity contribution in [3.05, 3.63) is 321 Å². The summed E-state index contributed by atoms with van der Waals surface area (Å²) >= 11 is 0. The number of nitrogen functional groups attached to an aromatic ring is 11. The number of para-hydroxylation sites is 1. The van der Waals surface area contributed by atoms with E-state index in [1.165, 1.54) is 91.1 Å². The molecule has 2 aliphatic rings. The van der Waals surface area contributed by atoms with Gasteiger partial charge in [-0.3, -0.25) is 0 Å². The van der Waals surface area contributed by atoms with Crippen LogP contribution < -0.4 is 75.0 Å². The van der Waals surface area contributed by atoms with E-state index < -0.39 is 0 Å². The van der Waals surface area contributed by atoms with Gasteiger partial charge in [-0.25, -0.2) is 4.99 Å². The lowest BCUT2D eigenvalue weighted by Crippen LogP contribution is -2.39. The largest absolute Gasteiger partial charge is 0.804 e. The number of aliphatic hydroxyl groups excluding tert-OH is 2. The van der Waals surface area contributed by atoms with Gasteiger partial charge in [0.25, 0.3) is 0 Å². The van der Waals surface area contributed by atoms with Crippen LogP contribution in [0.4, 0.5) is 79.6 Å². The number of phenols is 2. The van der Waals surface area contributed by atoms with Crippen LogP contribution in [-0.4, -0.2) is 59.0 Å². The molecule has 10 rings (SSSR count). The quantitative estimate of drug-likeness (QED) is 0.0184. The first-order valence-electron chi connectivity index (χ1n) is 30.3. The van der Waals surface area contributed by atoms with Crippen molar-refractivity contribution >= 4 is 168 Å². The van der Waals surface area contributed by atoms with Gasteiger partial charge in [0.1, 0.15) is 28.6 Å². The number of nitrogens with two attached hydrogens (primary N) is 11. The molecule has 0 fully saturated rings. The molecule has 0 saturated heterocycles. The van der Waals surface area contributed by atoms with Gasteiger partial charge >= 0.3 is 0 Å². The first kappa shape index (κ1) is 102. The zero-order chi connectivity index (χ0) is 79.5. The Kier molecular flexibility index (Phi) is 70.7. The number of nitrogens with zero attached hydrogens (tertiary/aromatic N) is 3. The van der Waals surface area contributed by atoms with Crippen LogP contribution in [0.2, 0.25) is 0 Å². The van der Waals surface area contributed by atoms with Crippen molar-refractivity contribution in [1.82, 2.24) is 6.15 Å². The maximum absolute atomic E-state index is 9.49. The highest BCUT2D eigenvalue weighted by Gasteiger charge is 2.01. The van der Waals surface area contributed by atoms with Crippen molar-refractivity contribution in [2.24, 2.45) is 4.99 Å². The molecule has 0 heterocycles. The number of hydrogen-bond donors (Lipinski definition) is 20. The molecule has 6 atom stereocenters. The van der Waals surface area contributed by atoms with Crippen LogP contribution in [0.5, 0.6) is 11.5 Å². The minimum absolute atomic E-state index is 0. The molecule has 36 N–H and O–H groups in total. The fourth-order valence-electron chi connectivity index (χ4n) is 5.66. The predicted molar refractivity (Wildman–Crippen MR) is 490 cm³/mol. The fourth-order valence-corrected chi connectivity index (χ4v) is 5.66. The molecule has 30 heteroatoms. The van der Waals surface area contributed by atoms with Gasteiger partial charge in [0.05, 0.1) is 27.2 Å². The monoisotopic (exact) mass is 1550 g/mol. The first-order valence-corrected chi connectivity index (χ1v) is 35.7. The lowest BCUT2D eigenvalue weighted by atomic mass is 10.2. The first-order chi connectivity index (χ1) is 49.4. The van der Waals surface area contributed by atoms with E-state index in [2.05, 4.69) is 50.7 Å². The molecule has 8 aromatic carbocycles. The number of aliphatic hydroxyl groups is 2. The second-order valence-electron chi connectivity index (χ2n) is 18.6. The number of hydrogen-bond acceptors (Lipinski definition) is 20. The van der Waals surface area contributed by atoms with Gasteiger partial charge < -0.3 is 128 Å². The normalized spacial score (nSPS) is 11.0. The lowest BCUT2D eigenvalue weighted by Gasteiger charge is -2.02. The summed E-state index contributed by atoms with van der Waals surface area (Å²) in [7, 11) is 7.57. The summed E-state index contributed by atoms with van der Waals surface area (Å²) in [5, 5.41) is 73.4. The van der Waals surface area contributed by atoms with Crippen molar-refractivity contribution in [2.75, 3.05) is 63.1 Å². The fraction of sp³-hybridized carbons (Fsp3) is 0.0400. The number of benzene rings is 8. The van der Waals surface area contributed by atoms with Gasteiger partial charge in [0.2, 0.25) is 0 Å². The van der Waals surface area contributed by atoms with Gasteiger partial charge in [0.15, 0.2) is 0 Å². The standard InChI is InChI=1S/C12H12N2O2.5C6H8N2.C6H7N2.2C6H5N2.C6H7N.C6H8O2.3CH4.H3N.3H4P2/c1-2-9(4-3-7-13)14-11-6-5-10(15)8-12(11)16;8*7-5-1-2-6(8)4-3-5;7-6-4-2-1-3-5-6;1-2-3-6(8)4-5-7;;;;;3*1-2/h2-8,13,15-16H,1H2;5*1-4H,7-8H2;1-4,7H,8H2;2*1-4,7H;1-5H,7H2;2-5,7-8H,1H2;3*1H4;1H3;3*1-2H2/q;;;;;;3*-1;;;;;;;;;/p+1/b;;;;;;;;;;5-4+,6-3+;;;;;;;/i;;;;;;;;;;;;;;;3*1D. The van der Waals surface area contributed by atoms with Crippen LogP contribution in [0.3, 0.4) is 0 Å². The Morgan fingerprint density at radius 3 is 0.990 bits per heavy atom. The number of rotatable bonds is 6. The van der Waals surface area contributed by atoms with E-state index in [1.54, 1.807) is 127 Å². The third-order valence-electron chi connectivity index (χ3n) is 10.5. The number of phenolic OH excluding ortho intramolecular Hbond substituents is 2. The maximum Gasteiger partial charge on any atom is 0.144 e. The number of anilines is 11. The zero-order valence-electron chi connectivity index (χ0n) is 59.3. The average Bonchev–Trinajstić information content (AvgIpc) is 0.871. The number of aromatic hydroxyl groups is 2. The molecule has 0 saturated carbocycles. The summed E-state index contributed by atoms with van der Waals surface area (Å²) < 4.78 is 18.6. The van der Waals surface area contributed by atoms with Crippen LogP contribution in [0, 0.1) is 16.2 Å². The SMILES string of the molecule is C.C.C.C=C/C=C(O)\C=C\O.C=CC(C=CC=N)=Nc1ccc(O)cc1O.N.Nc1ccc(N)cc1.Nc1ccc(N)cc1.Nc1ccc(N)cc1.Nc1ccc(N)cc1.Nc1ccc([NH3+])cc1.Nc1ccccc1.[2H]PP.[2H]PP.[2H]PP.[N-]=C1C=CC(=N)C=C1.[N-]=C1C=CC(=N)C=C1.[NH-]c1ccc(N)cc1. The summed E-state index contributed by atoms with van der Waals surface area (Å²) in [6.07, 6.45) is 22.5. The van der Waals surface area contributed by atoms with Crippen LogP contribution in [-0.2, 0) is 0 Å². The predicted octanol–water partition coefficient (Wildman–Crippen LogP) is 17.3. The van der Waals surface area contributed by atoms with Crippen LogP contribution in [0.1, 0.15) is 22.3 Å². The van der Waals surface area contributed by atoms with Gasteiger partial charge in [-0.2, -0.15) is 11.4 Å². The molecule has 8 aromatic rings. The van der Waals surface area contributed by atoms with E-state index in [1.807, 2.05) is 54.6 Å². The summed E-state index contributed by atoms with van der Waals surface area (Å²) in [6.45, 7) is 6.90. The second kappa shape index (κ2) is 72.5. The Hall–Kier alpha value is -11.3. The van der Waals surface area contributed by atoms with Crippen LogP contribution in [0.25, 0.3) is 16.6 Å². The zero-order valence-corrected chi connectivity index (χ0v) is 62.7. The van der Waals surface area contributed by atoms with E-state index in [0.29, 0.717) is 34.2 Å². The highest BCUT2D eigenvalue weighted by Crippen LogP contribution is 2.30. The highest BCUT2D eigenvalue weighted by atomic mass is 32.0. The van der Waals surface area contributed by atoms with Crippen molar-refractivity contribution < 1.29 is 26.2 Å². The maximum atomic E-state index is 9.49. The third kappa shape index (κ3) is 68.3. The van der Waals surface area contributed by atoms with Crippen LogP contribution >= 0.6 is 53.4 Å². The van der Waals surface area contributed by atoms with E-state index in [-0.39, 0.29) is 83.7 Å². The molecule has 0 bridgehead atoms. The molecule has 0 aromatic heterocycles. The Balaban J connectivity index is -0.000000168. The van der Waals surface area contributed by atoms with E-state index in [0.717, 1.165) is 81.1 Å². The molecular formula is C75H112N20O4P6-2. The molecule has 0 amide bonds. The van der Waals surface area contributed by atoms with E-state index in [9.17, 15) is 5.11 Å². The Morgan fingerprint density at radius 1 is 0.486 bits per heavy atom. The van der Waals surface area contributed by atoms with Gasteiger partial charge in [0, 0.05) is 93.1 Å². The smallest absolute Gasteiger partial charge is 0.144 e. The third-order valence-corrected chi connectivity index (χ3v) is 10.5. The Labute approximate surface area is 639 Å². The average molecular weight is 1550 g/mol. The Bertz CT molecular complexity index is 3350. The molecule has 0 radical (unpaired) electrons. The van der Waals surface area contributed by atoms with Crippen molar-refractivity contribution in [1.29, 1.82) is 20.1 Å². The number of nitrogens with one attached hydrogen (secondary N) is 4. The van der Waals surface area contributed by atoms with E-state index in [4.69, 9.17) is 115 Å². The second-order valence-corrected chi connectivity index (χ2v) is 18.6. The highest BCUT2D eigenvalue weighted by molar-refractivity contribution is 7.92. The topological polar surface area (TPSA) is 582 Å². The van der Waals surface area contributed by atoms with Gasteiger partial charge in [-0.05, 0) is 194 Å². The van der Waals surface area contributed by atoms with Crippen LogP contribution in [0.15, 0.2) is 309 Å². The summed E-state index contributed by atoms with van der Waals surface area (Å²) in [6, 6.07) is 56.2. The molecule has 0 spiro atoms. The van der Waals surface area contributed by atoms with Crippen molar-refractivity contribution in [2.45, 2.75) is 22.3 Å². The van der Waals surface area contributed by atoms with E-state index >= 15 is 0 Å². The number of allylic oxidation sites excluding steroid dienone is 14. The molecule has 0 aliphatic heterocycles. The molecule has 24 nitrogen and oxygen atoms in total. The summed E-state index contributed by atoms with van der Waals surface area (Å²) in [4.78, 5) is 4.10. The summed E-state index contributed by atoms with van der Waals surface area (Å²) in [5.41, 5.74) is 81.7. The lowest BCUT2D eigenvalue weighted by molar-refractivity contribution is -0.254. The minimum Gasteiger partial charge on any atom is -0.804 e. The van der Waals surface area contributed by atoms with Crippen molar-refractivity contribution in [3.8, 4) is 11.5 Å². The number of aliphatic imine (C=N–C) groups is 1. The van der Waals surface area contributed by atoms with Gasteiger partial charge in [-0.15, -0.1) is 59.1 Å². The molecule has 568 valence electrons. The van der Waals surface area contributed by atoms with Crippen molar-refractivity contribution in [3.63, 3.8) is 0 Å². The molecule has 2 aliphatic carbocycles. The number of quaternary nitrogens is 1. The molecule has 6 unspecified atom stereocenters. The minimum atomic E-state index is -0.109. The molecule has 105 heavy (non-hydrogen) atoms.